The van der Waals surface area contributed by atoms with Crippen LogP contribution in [0.5, 0.6) is 0 Å². The van der Waals surface area contributed by atoms with Crippen LogP contribution < -0.4 is 15.4 Å². The number of hydrogen-bond acceptors (Lipinski definition) is 7. The molecule has 0 saturated carbocycles. The van der Waals surface area contributed by atoms with Crippen LogP contribution >= 0.6 is 24.0 Å². The Labute approximate surface area is 250 Å². The number of amides is 1. The maximum atomic E-state index is 13.6. The molecule has 2 aliphatic heterocycles. The van der Waals surface area contributed by atoms with Gasteiger partial charge in [0.25, 0.3) is 11.5 Å². The van der Waals surface area contributed by atoms with E-state index in [2.05, 4.69) is 34.9 Å². The molecule has 2 saturated heterocycles. The zero-order valence-corrected chi connectivity index (χ0v) is 25.0. The van der Waals surface area contributed by atoms with Crippen LogP contribution in [-0.2, 0) is 17.9 Å². The summed E-state index contributed by atoms with van der Waals surface area (Å²) in [5, 5.41) is 9.99. The van der Waals surface area contributed by atoms with Gasteiger partial charge in [-0.05, 0) is 42.7 Å². The average Bonchev–Trinajstić information content (AvgIpc) is 3.26. The molecule has 0 aliphatic carbocycles. The highest BCUT2D eigenvalue weighted by molar-refractivity contribution is 8.26. The number of benzene rings is 2. The summed E-state index contributed by atoms with van der Waals surface area (Å²) < 4.78 is 2.25. The van der Waals surface area contributed by atoms with Gasteiger partial charge in [0.05, 0.1) is 11.4 Å². The second kappa shape index (κ2) is 12.8. The van der Waals surface area contributed by atoms with Crippen molar-refractivity contribution in [3.05, 3.63) is 98.2 Å². The van der Waals surface area contributed by atoms with Gasteiger partial charge in [-0.2, -0.15) is 5.26 Å². The second-order valence-electron chi connectivity index (χ2n) is 10.2. The van der Waals surface area contributed by atoms with E-state index in [4.69, 9.17) is 12.2 Å². The van der Waals surface area contributed by atoms with E-state index in [1.807, 2.05) is 61.5 Å². The molecule has 7 nitrogen and oxygen atoms in total. The molecule has 0 radical (unpaired) electrons. The summed E-state index contributed by atoms with van der Waals surface area (Å²) in [6.45, 7) is 7.81. The molecule has 1 aromatic heterocycles. The lowest BCUT2D eigenvalue weighted by atomic mass is 10.0. The van der Waals surface area contributed by atoms with Gasteiger partial charge < -0.3 is 9.80 Å². The number of thiocarbonyl (C=S) groups is 1. The SMILES string of the molecule is CCCCn1c(N2CCN(c3ccccc3)CC2)c(C=C2SC(=S)N(Cc3ccccc3)C2=O)c(C)c(C#N)c1=O. The minimum atomic E-state index is -0.271. The van der Waals surface area contributed by atoms with Crippen molar-refractivity contribution in [2.45, 2.75) is 39.8 Å². The Morgan fingerprint density at radius 1 is 0.976 bits per heavy atom. The molecular formula is C32H33N5O2S2. The van der Waals surface area contributed by atoms with Gasteiger partial charge in [0.1, 0.15) is 21.8 Å². The summed E-state index contributed by atoms with van der Waals surface area (Å²) in [7, 11) is 0. The number of rotatable bonds is 8. The lowest BCUT2D eigenvalue weighted by Gasteiger charge is -2.39. The maximum Gasteiger partial charge on any atom is 0.270 e. The first kappa shape index (κ1) is 28.7. The van der Waals surface area contributed by atoms with Crippen LogP contribution in [0.4, 0.5) is 11.5 Å². The van der Waals surface area contributed by atoms with Crippen LogP contribution in [0, 0.1) is 18.3 Å². The third kappa shape index (κ3) is 5.95. The fourth-order valence-electron chi connectivity index (χ4n) is 5.36. The molecule has 2 aromatic carbocycles. The molecule has 2 fully saturated rings. The third-order valence-electron chi connectivity index (χ3n) is 7.61. The third-order valence-corrected chi connectivity index (χ3v) is 8.99. The number of anilines is 2. The van der Waals surface area contributed by atoms with E-state index < -0.39 is 0 Å². The molecule has 41 heavy (non-hydrogen) atoms. The molecular weight excluding hydrogens is 551 g/mol. The van der Waals surface area contributed by atoms with E-state index in [0.717, 1.165) is 42.9 Å². The Balaban J connectivity index is 1.55. The molecule has 0 unspecified atom stereocenters. The van der Waals surface area contributed by atoms with Crippen molar-refractivity contribution in [1.29, 1.82) is 5.26 Å². The van der Waals surface area contributed by atoms with E-state index >= 15 is 0 Å². The number of piperazine rings is 1. The minimum Gasteiger partial charge on any atom is -0.368 e. The average molecular weight is 584 g/mol. The number of unbranched alkanes of at least 4 members (excludes halogenated alkanes) is 1. The van der Waals surface area contributed by atoms with Crippen molar-refractivity contribution in [1.82, 2.24) is 9.47 Å². The lowest BCUT2D eigenvalue weighted by molar-refractivity contribution is -0.122. The van der Waals surface area contributed by atoms with Crippen LogP contribution in [0.25, 0.3) is 6.08 Å². The predicted octanol–water partition coefficient (Wildman–Crippen LogP) is 5.56. The molecule has 210 valence electrons. The highest BCUT2D eigenvalue weighted by atomic mass is 32.2. The van der Waals surface area contributed by atoms with Gasteiger partial charge in [0, 0.05) is 44.0 Å². The standard InChI is InChI=1S/C32H33N5O2S2/c1-3-4-15-36-29(35-18-16-34(17-19-35)25-13-9-6-10-14-25)26(23(2)27(21-33)30(36)38)20-28-31(39)37(32(40)41-28)22-24-11-7-5-8-12-24/h5-14,20H,3-4,15-19,22H2,1-2H3. The van der Waals surface area contributed by atoms with Crippen LogP contribution in [0.3, 0.4) is 0 Å². The Bertz CT molecular complexity index is 1570. The Hall–Kier alpha value is -3.87. The van der Waals surface area contributed by atoms with E-state index in [0.29, 0.717) is 41.0 Å². The Morgan fingerprint density at radius 3 is 2.24 bits per heavy atom. The first-order valence-electron chi connectivity index (χ1n) is 13.9. The minimum absolute atomic E-state index is 0.124. The largest absolute Gasteiger partial charge is 0.368 e. The second-order valence-corrected chi connectivity index (χ2v) is 11.9. The topological polar surface area (TPSA) is 72.6 Å². The number of nitrogens with zero attached hydrogens (tertiary/aromatic N) is 5. The molecule has 0 N–H and O–H groups in total. The van der Waals surface area contributed by atoms with E-state index in [-0.39, 0.29) is 17.0 Å². The number of pyridine rings is 1. The highest BCUT2D eigenvalue weighted by Crippen LogP contribution is 2.37. The molecule has 2 aliphatic rings. The Kier molecular flexibility index (Phi) is 8.91. The van der Waals surface area contributed by atoms with Gasteiger partial charge in [-0.3, -0.25) is 19.1 Å². The Morgan fingerprint density at radius 2 is 1.61 bits per heavy atom. The smallest absolute Gasteiger partial charge is 0.270 e. The highest BCUT2D eigenvalue weighted by Gasteiger charge is 2.33. The van der Waals surface area contributed by atoms with Crippen molar-refractivity contribution in [3.63, 3.8) is 0 Å². The molecule has 3 aromatic rings. The first-order chi connectivity index (χ1) is 19.9. The zero-order valence-electron chi connectivity index (χ0n) is 23.4. The summed E-state index contributed by atoms with van der Waals surface area (Å²) in [6.07, 6.45) is 3.57. The van der Waals surface area contributed by atoms with Crippen molar-refractivity contribution >= 4 is 51.8 Å². The zero-order chi connectivity index (χ0) is 28.9. The maximum absolute atomic E-state index is 13.6. The van der Waals surface area contributed by atoms with Gasteiger partial charge in [-0.15, -0.1) is 0 Å². The van der Waals surface area contributed by atoms with E-state index in [9.17, 15) is 14.9 Å². The molecule has 5 rings (SSSR count). The summed E-state index contributed by atoms with van der Waals surface area (Å²) in [6, 6.07) is 22.3. The summed E-state index contributed by atoms with van der Waals surface area (Å²) in [5.41, 5.74) is 3.36. The van der Waals surface area contributed by atoms with Gasteiger partial charge >= 0.3 is 0 Å². The predicted molar refractivity (Wildman–Crippen MR) is 171 cm³/mol. The quantitative estimate of drug-likeness (QED) is 0.254. The number of carbonyl (C=O) groups is 1. The lowest BCUT2D eigenvalue weighted by Crippen LogP contribution is -2.48. The van der Waals surface area contributed by atoms with E-state index in [1.165, 1.54) is 17.4 Å². The summed E-state index contributed by atoms with van der Waals surface area (Å²) in [5.74, 6) is 0.619. The number of thioether (sulfide) groups is 1. The van der Waals surface area contributed by atoms with Crippen LogP contribution in [-0.4, -0.2) is 45.9 Å². The molecule has 0 atom stereocenters. The van der Waals surface area contributed by atoms with Gasteiger partial charge in [0.15, 0.2) is 0 Å². The molecule has 3 heterocycles. The van der Waals surface area contributed by atoms with E-state index in [1.54, 1.807) is 9.47 Å². The molecule has 0 spiro atoms. The number of aromatic nitrogens is 1. The fourth-order valence-corrected chi connectivity index (χ4v) is 6.59. The molecule has 9 heteroatoms. The van der Waals surface area contributed by atoms with Gasteiger partial charge in [0.2, 0.25) is 0 Å². The normalized spacial score (nSPS) is 16.5. The molecule has 1 amide bonds. The van der Waals surface area contributed by atoms with Crippen molar-refractivity contribution in [3.8, 4) is 6.07 Å². The number of nitriles is 1. The fraction of sp³-hybridized carbons (Fsp3) is 0.312. The van der Waals surface area contributed by atoms with Gasteiger partial charge in [-0.25, -0.2) is 0 Å². The van der Waals surface area contributed by atoms with Crippen LogP contribution in [0.15, 0.2) is 70.4 Å². The summed E-state index contributed by atoms with van der Waals surface area (Å²) >= 11 is 6.89. The van der Waals surface area contributed by atoms with Crippen LogP contribution in [0.1, 0.15) is 42.0 Å². The van der Waals surface area contributed by atoms with Crippen molar-refractivity contribution < 1.29 is 4.79 Å². The number of carbonyl (C=O) groups excluding carboxylic acids is 1. The monoisotopic (exact) mass is 583 g/mol. The number of hydrogen-bond donors (Lipinski definition) is 0. The van der Waals surface area contributed by atoms with Crippen LogP contribution in [0.2, 0.25) is 0 Å². The van der Waals surface area contributed by atoms with Crippen molar-refractivity contribution in [2.24, 2.45) is 0 Å². The first-order valence-corrected chi connectivity index (χ1v) is 15.2. The summed E-state index contributed by atoms with van der Waals surface area (Å²) in [4.78, 5) is 33.9. The number of para-hydroxylation sites is 1. The molecule has 0 bridgehead atoms. The van der Waals surface area contributed by atoms with Gasteiger partial charge in [-0.1, -0.05) is 85.9 Å². The van der Waals surface area contributed by atoms with Crippen molar-refractivity contribution in [2.75, 3.05) is 36.0 Å².